The molecule has 29 heavy (non-hydrogen) atoms. The maximum Gasteiger partial charge on any atom is 0.410 e. The van der Waals surface area contributed by atoms with Crippen molar-refractivity contribution in [2.45, 2.75) is 76.8 Å². The molecule has 0 radical (unpaired) electrons. The highest BCUT2D eigenvalue weighted by Crippen LogP contribution is 2.27. The van der Waals surface area contributed by atoms with E-state index in [0.29, 0.717) is 25.0 Å². The van der Waals surface area contributed by atoms with Crippen molar-refractivity contribution in [2.24, 2.45) is 11.8 Å². The molecule has 9 heteroatoms. The van der Waals surface area contributed by atoms with Crippen molar-refractivity contribution in [1.29, 1.82) is 0 Å². The Hall–Kier alpha value is -0.970. The molecule has 4 heterocycles. The normalized spacial score (nSPS) is 34.8. The van der Waals surface area contributed by atoms with Crippen molar-refractivity contribution < 1.29 is 23.8 Å². The monoisotopic (exact) mass is 412 g/mol. The van der Waals surface area contributed by atoms with Crippen LogP contribution in [0.15, 0.2) is 0 Å². The van der Waals surface area contributed by atoms with Crippen LogP contribution in [-0.4, -0.2) is 74.2 Å². The molecular weight excluding hydrogens is 376 g/mol. The Morgan fingerprint density at radius 1 is 1.07 bits per heavy atom. The Kier molecular flexibility index (Phi) is 6.62. The van der Waals surface area contributed by atoms with Crippen molar-refractivity contribution >= 4 is 6.09 Å². The summed E-state index contributed by atoms with van der Waals surface area (Å²) in [6.45, 7) is 9.45. The lowest BCUT2D eigenvalue weighted by molar-refractivity contribution is -0.169. The summed E-state index contributed by atoms with van der Waals surface area (Å²) in [5.74, 6) is 0.844. The molecule has 0 aromatic rings. The maximum absolute atomic E-state index is 12.2. The number of hydrogen-bond donors (Lipinski definition) is 3. The Balaban J connectivity index is 1.16. The standard InChI is InChI=1S/C20H36N4O5/c1-20(2,3)28-19(25)24-8-6-13(7-9-24)17-22-18(29-23-17)14-4-5-16(21-10-14)27-15-11-26-12-15/h13-18,21-23H,4-12H2,1-3H3. The quantitative estimate of drug-likeness (QED) is 0.633. The van der Waals surface area contributed by atoms with Gasteiger partial charge in [0.1, 0.15) is 24.2 Å². The number of nitrogens with one attached hydrogen (secondary N) is 3. The molecule has 0 bridgehead atoms. The zero-order valence-corrected chi connectivity index (χ0v) is 17.8. The van der Waals surface area contributed by atoms with Crippen LogP contribution in [-0.2, 0) is 19.0 Å². The maximum atomic E-state index is 12.2. The van der Waals surface area contributed by atoms with Crippen LogP contribution < -0.4 is 16.1 Å². The molecule has 3 N–H and O–H groups in total. The van der Waals surface area contributed by atoms with Crippen LogP contribution in [0.5, 0.6) is 0 Å². The number of ether oxygens (including phenoxy) is 3. The van der Waals surface area contributed by atoms with Crippen LogP contribution in [0, 0.1) is 11.8 Å². The van der Waals surface area contributed by atoms with Crippen LogP contribution >= 0.6 is 0 Å². The summed E-state index contributed by atoms with van der Waals surface area (Å²) in [4.78, 5) is 19.9. The van der Waals surface area contributed by atoms with Crippen LogP contribution in [0.3, 0.4) is 0 Å². The number of piperidine rings is 2. The zero-order valence-electron chi connectivity index (χ0n) is 17.8. The largest absolute Gasteiger partial charge is 0.444 e. The van der Waals surface area contributed by atoms with Gasteiger partial charge >= 0.3 is 6.09 Å². The number of hydroxylamine groups is 1. The first-order valence-corrected chi connectivity index (χ1v) is 11.0. The second-order valence-corrected chi connectivity index (χ2v) is 9.64. The molecule has 0 aliphatic carbocycles. The number of hydrogen-bond acceptors (Lipinski definition) is 8. The molecule has 4 aliphatic heterocycles. The van der Waals surface area contributed by atoms with Gasteiger partial charge < -0.3 is 19.1 Å². The molecule has 166 valence electrons. The molecule has 4 aliphatic rings. The first-order chi connectivity index (χ1) is 13.9. The molecular formula is C20H36N4O5. The van der Waals surface area contributed by atoms with Gasteiger partial charge in [-0.05, 0) is 52.4 Å². The van der Waals surface area contributed by atoms with E-state index in [1.165, 1.54) is 0 Å². The molecule has 1 amide bonds. The van der Waals surface area contributed by atoms with Gasteiger partial charge in [-0.15, -0.1) is 0 Å². The van der Waals surface area contributed by atoms with Gasteiger partial charge in [-0.25, -0.2) is 4.79 Å². The molecule has 4 unspecified atom stereocenters. The number of rotatable bonds is 4. The first-order valence-electron chi connectivity index (χ1n) is 11.0. The van der Waals surface area contributed by atoms with Gasteiger partial charge in [-0.3, -0.25) is 15.5 Å². The van der Waals surface area contributed by atoms with Crippen molar-refractivity contribution in [3.05, 3.63) is 0 Å². The predicted molar refractivity (Wildman–Crippen MR) is 106 cm³/mol. The van der Waals surface area contributed by atoms with Gasteiger partial charge in [0.05, 0.1) is 19.4 Å². The van der Waals surface area contributed by atoms with Gasteiger partial charge in [0, 0.05) is 25.6 Å². The van der Waals surface area contributed by atoms with Gasteiger partial charge in [0.15, 0.2) is 0 Å². The summed E-state index contributed by atoms with van der Waals surface area (Å²) in [6, 6.07) is 0. The minimum atomic E-state index is -0.451. The van der Waals surface area contributed by atoms with Crippen molar-refractivity contribution in [2.75, 3.05) is 32.8 Å². The Morgan fingerprint density at radius 3 is 2.41 bits per heavy atom. The summed E-state index contributed by atoms with van der Waals surface area (Å²) < 4.78 is 16.6. The highest BCUT2D eigenvalue weighted by molar-refractivity contribution is 5.68. The number of carbonyl (C=O) groups excluding carboxylic acids is 1. The SMILES string of the molecule is CC(C)(C)OC(=O)N1CCC(C2NOC(C3CCC(OC4COC4)NC3)N2)CC1. The fourth-order valence-electron chi connectivity index (χ4n) is 4.35. The minimum Gasteiger partial charge on any atom is -0.444 e. The smallest absolute Gasteiger partial charge is 0.410 e. The van der Waals surface area contributed by atoms with Crippen molar-refractivity contribution in [3.8, 4) is 0 Å². The topological polar surface area (TPSA) is 93.3 Å². The van der Waals surface area contributed by atoms with Crippen molar-refractivity contribution in [1.82, 2.24) is 21.0 Å². The van der Waals surface area contributed by atoms with E-state index < -0.39 is 5.60 Å². The lowest BCUT2D eigenvalue weighted by atomic mass is 9.93. The number of likely N-dealkylation sites (tertiary alicyclic amines) is 1. The zero-order chi connectivity index (χ0) is 20.4. The third-order valence-electron chi connectivity index (χ3n) is 6.13. The Morgan fingerprint density at radius 2 is 1.83 bits per heavy atom. The Bertz CT molecular complexity index is 552. The fourth-order valence-corrected chi connectivity index (χ4v) is 4.35. The highest BCUT2D eigenvalue weighted by Gasteiger charge is 2.39. The second kappa shape index (κ2) is 9.03. The van der Waals surface area contributed by atoms with E-state index in [0.717, 1.165) is 45.3 Å². The van der Waals surface area contributed by atoms with E-state index in [1.807, 2.05) is 25.7 Å². The van der Waals surface area contributed by atoms with E-state index in [4.69, 9.17) is 19.0 Å². The average Bonchev–Trinajstić information content (AvgIpc) is 3.14. The van der Waals surface area contributed by atoms with E-state index in [9.17, 15) is 4.79 Å². The molecule has 0 saturated carbocycles. The van der Waals surface area contributed by atoms with E-state index in [2.05, 4.69) is 16.1 Å². The van der Waals surface area contributed by atoms with Crippen LogP contribution in [0.1, 0.15) is 46.5 Å². The molecule has 4 rings (SSSR count). The van der Waals surface area contributed by atoms with Gasteiger partial charge in [-0.2, -0.15) is 5.48 Å². The molecule has 9 nitrogen and oxygen atoms in total. The van der Waals surface area contributed by atoms with Crippen LogP contribution in [0.25, 0.3) is 0 Å². The van der Waals surface area contributed by atoms with Crippen LogP contribution in [0.2, 0.25) is 0 Å². The summed E-state index contributed by atoms with van der Waals surface area (Å²) in [5.41, 5.74) is 2.75. The summed E-state index contributed by atoms with van der Waals surface area (Å²) in [5, 5.41) is 7.11. The summed E-state index contributed by atoms with van der Waals surface area (Å²) in [7, 11) is 0. The Labute approximate surface area is 173 Å². The van der Waals surface area contributed by atoms with E-state index in [-0.39, 0.29) is 30.8 Å². The van der Waals surface area contributed by atoms with E-state index >= 15 is 0 Å². The molecule has 4 atom stereocenters. The molecule has 0 aromatic heterocycles. The third kappa shape index (κ3) is 5.59. The molecule has 0 spiro atoms. The minimum absolute atomic E-state index is 0.00405. The number of amides is 1. The molecule has 4 saturated heterocycles. The molecule has 0 aromatic carbocycles. The van der Waals surface area contributed by atoms with Gasteiger partial charge in [-0.1, -0.05) is 0 Å². The predicted octanol–water partition coefficient (Wildman–Crippen LogP) is 1.15. The fraction of sp³-hybridized carbons (Fsp3) is 0.950. The van der Waals surface area contributed by atoms with Crippen LogP contribution in [0.4, 0.5) is 4.79 Å². The van der Waals surface area contributed by atoms with Gasteiger partial charge in [0.25, 0.3) is 0 Å². The second-order valence-electron chi connectivity index (χ2n) is 9.64. The summed E-state index contributed by atoms with van der Waals surface area (Å²) in [6.07, 6.45) is 4.22. The lowest BCUT2D eigenvalue weighted by Gasteiger charge is -2.37. The van der Waals surface area contributed by atoms with Gasteiger partial charge in [0.2, 0.25) is 0 Å². The number of nitrogens with zero attached hydrogens (tertiary/aromatic N) is 1. The van der Waals surface area contributed by atoms with Crippen molar-refractivity contribution in [3.63, 3.8) is 0 Å². The first kappa shape index (κ1) is 21.3. The summed E-state index contributed by atoms with van der Waals surface area (Å²) >= 11 is 0. The van der Waals surface area contributed by atoms with E-state index in [1.54, 1.807) is 0 Å². The third-order valence-corrected chi connectivity index (χ3v) is 6.13. The molecule has 4 fully saturated rings. The number of carbonyl (C=O) groups is 1. The lowest BCUT2D eigenvalue weighted by Crippen LogP contribution is -2.52. The highest BCUT2D eigenvalue weighted by atomic mass is 16.7. The average molecular weight is 413 g/mol.